The van der Waals surface area contributed by atoms with Gasteiger partial charge < -0.3 is 5.32 Å². The summed E-state index contributed by atoms with van der Waals surface area (Å²) in [7, 11) is -3.66. The number of hydrogen-bond acceptors (Lipinski definition) is 3. The van der Waals surface area contributed by atoms with Gasteiger partial charge in [-0.2, -0.15) is 0 Å². The smallest absolute Gasteiger partial charge is 0.245 e. The van der Waals surface area contributed by atoms with Gasteiger partial charge in [-0.3, -0.25) is 9.10 Å². The number of anilines is 2. The number of benzene rings is 2. The van der Waals surface area contributed by atoms with Gasteiger partial charge in [0.15, 0.2) is 0 Å². The Kier molecular flexibility index (Phi) is 5.74. The fourth-order valence-corrected chi connectivity index (χ4v) is 3.25. The summed E-state index contributed by atoms with van der Waals surface area (Å²) in [6.07, 6.45) is 1.04. The molecule has 0 radical (unpaired) electrons. The van der Waals surface area contributed by atoms with Gasteiger partial charge in [-0.15, -0.1) is 0 Å². The number of carbonyl (C=O) groups is 1. The molecule has 0 bridgehead atoms. The standard InChI is InChI=1S/C16H16Cl2N2O3S/c1-11-6-7-14(9-15(11)18)20(24(2,22)23)10-16(21)19-13-5-3-4-12(17)8-13/h3-9H,10H2,1-2H3,(H,19,21). The molecule has 128 valence electrons. The molecule has 0 aromatic heterocycles. The van der Waals surface area contributed by atoms with Crippen LogP contribution in [0.1, 0.15) is 5.56 Å². The normalized spacial score (nSPS) is 11.2. The highest BCUT2D eigenvalue weighted by atomic mass is 35.5. The first kappa shape index (κ1) is 18.6. The molecule has 0 unspecified atom stereocenters. The minimum Gasteiger partial charge on any atom is -0.324 e. The van der Waals surface area contributed by atoms with Crippen LogP contribution in [0.3, 0.4) is 0 Å². The van der Waals surface area contributed by atoms with E-state index in [1.165, 1.54) is 6.07 Å². The highest BCUT2D eigenvalue weighted by Gasteiger charge is 2.21. The van der Waals surface area contributed by atoms with E-state index < -0.39 is 15.9 Å². The van der Waals surface area contributed by atoms with Gasteiger partial charge in [0, 0.05) is 15.7 Å². The van der Waals surface area contributed by atoms with Crippen molar-refractivity contribution in [3.63, 3.8) is 0 Å². The van der Waals surface area contributed by atoms with Crippen molar-refractivity contribution < 1.29 is 13.2 Å². The van der Waals surface area contributed by atoms with E-state index in [1.807, 2.05) is 6.92 Å². The Hall–Kier alpha value is -1.76. The lowest BCUT2D eigenvalue weighted by molar-refractivity contribution is -0.114. The van der Waals surface area contributed by atoms with Crippen LogP contribution in [-0.2, 0) is 14.8 Å². The topological polar surface area (TPSA) is 66.5 Å². The molecular formula is C16H16Cl2N2O3S. The minimum atomic E-state index is -3.66. The molecule has 0 heterocycles. The third-order valence-corrected chi connectivity index (χ3v) is 5.02. The van der Waals surface area contributed by atoms with E-state index in [1.54, 1.807) is 36.4 Å². The predicted molar refractivity (Wildman–Crippen MR) is 98.5 cm³/mol. The van der Waals surface area contributed by atoms with Crippen molar-refractivity contribution in [3.05, 3.63) is 58.1 Å². The van der Waals surface area contributed by atoms with Crippen molar-refractivity contribution in [2.24, 2.45) is 0 Å². The van der Waals surface area contributed by atoms with Crippen LogP contribution in [-0.4, -0.2) is 27.1 Å². The molecule has 0 aliphatic heterocycles. The zero-order valence-electron chi connectivity index (χ0n) is 13.1. The zero-order chi connectivity index (χ0) is 17.9. The van der Waals surface area contributed by atoms with Gasteiger partial charge in [0.2, 0.25) is 15.9 Å². The molecule has 0 fully saturated rings. The fourth-order valence-electron chi connectivity index (χ4n) is 2.03. The number of aryl methyl sites for hydroxylation is 1. The third-order valence-electron chi connectivity index (χ3n) is 3.24. The Morgan fingerprint density at radius 3 is 2.46 bits per heavy atom. The summed E-state index contributed by atoms with van der Waals surface area (Å²) < 4.78 is 25.1. The van der Waals surface area contributed by atoms with Crippen molar-refractivity contribution in [1.29, 1.82) is 0 Å². The monoisotopic (exact) mass is 386 g/mol. The van der Waals surface area contributed by atoms with Crippen molar-refractivity contribution in [2.45, 2.75) is 6.92 Å². The SMILES string of the molecule is Cc1ccc(N(CC(=O)Nc2cccc(Cl)c2)S(C)(=O)=O)cc1Cl. The zero-order valence-corrected chi connectivity index (χ0v) is 15.4. The Balaban J connectivity index is 2.23. The Bertz CT molecular complexity index is 869. The number of nitrogens with zero attached hydrogens (tertiary/aromatic N) is 1. The van der Waals surface area contributed by atoms with Crippen LogP contribution in [0.4, 0.5) is 11.4 Å². The van der Waals surface area contributed by atoms with Gasteiger partial charge in [-0.05, 0) is 42.8 Å². The summed E-state index contributed by atoms with van der Waals surface area (Å²) in [5.74, 6) is -0.487. The van der Waals surface area contributed by atoms with E-state index in [0.717, 1.165) is 16.1 Å². The van der Waals surface area contributed by atoms with Gasteiger partial charge in [-0.1, -0.05) is 35.3 Å². The molecule has 0 saturated heterocycles. The quantitative estimate of drug-likeness (QED) is 0.851. The number of halogens is 2. The Labute approximate surface area is 151 Å². The van der Waals surface area contributed by atoms with Crippen molar-refractivity contribution in [1.82, 2.24) is 0 Å². The summed E-state index contributed by atoms with van der Waals surface area (Å²) in [5, 5.41) is 3.52. The van der Waals surface area contributed by atoms with E-state index in [-0.39, 0.29) is 6.54 Å². The van der Waals surface area contributed by atoms with Gasteiger partial charge in [0.25, 0.3) is 0 Å². The van der Waals surface area contributed by atoms with Crippen LogP contribution < -0.4 is 9.62 Å². The average Bonchev–Trinajstić information content (AvgIpc) is 2.47. The molecule has 0 aliphatic carbocycles. The largest absolute Gasteiger partial charge is 0.324 e. The molecule has 2 aromatic rings. The predicted octanol–water partition coefficient (Wildman–Crippen LogP) is 3.71. The fraction of sp³-hybridized carbons (Fsp3) is 0.188. The van der Waals surface area contributed by atoms with Crippen LogP contribution in [0.25, 0.3) is 0 Å². The Morgan fingerprint density at radius 1 is 1.17 bits per heavy atom. The lowest BCUT2D eigenvalue weighted by Crippen LogP contribution is -2.37. The maximum Gasteiger partial charge on any atom is 0.245 e. The van der Waals surface area contributed by atoms with Crippen LogP contribution in [0.5, 0.6) is 0 Å². The molecule has 24 heavy (non-hydrogen) atoms. The van der Waals surface area contributed by atoms with E-state index in [9.17, 15) is 13.2 Å². The van der Waals surface area contributed by atoms with Crippen LogP contribution in [0, 0.1) is 6.92 Å². The van der Waals surface area contributed by atoms with Gasteiger partial charge >= 0.3 is 0 Å². The highest BCUT2D eigenvalue weighted by Crippen LogP contribution is 2.25. The van der Waals surface area contributed by atoms with Gasteiger partial charge in [-0.25, -0.2) is 8.42 Å². The van der Waals surface area contributed by atoms with E-state index in [2.05, 4.69) is 5.32 Å². The molecule has 2 rings (SSSR count). The second kappa shape index (κ2) is 7.42. The molecular weight excluding hydrogens is 371 g/mol. The summed E-state index contributed by atoms with van der Waals surface area (Å²) >= 11 is 11.9. The number of hydrogen-bond donors (Lipinski definition) is 1. The van der Waals surface area contributed by atoms with Crippen LogP contribution in [0.2, 0.25) is 10.0 Å². The number of nitrogens with one attached hydrogen (secondary N) is 1. The molecule has 8 heteroatoms. The molecule has 0 saturated carbocycles. The first-order valence-electron chi connectivity index (χ1n) is 6.96. The van der Waals surface area contributed by atoms with Crippen molar-refractivity contribution in [3.8, 4) is 0 Å². The second-order valence-corrected chi connectivity index (χ2v) is 8.01. The van der Waals surface area contributed by atoms with E-state index in [4.69, 9.17) is 23.2 Å². The number of carbonyl (C=O) groups excluding carboxylic acids is 1. The number of amides is 1. The highest BCUT2D eigenvalue weighted by molar-refractivity contribution is 7.92. The van der Waals surface area contributed by atoms with Crippen LogP contribution in [0.15, 0.2) is 42.5 Å². The van der Waals surface area contributed by atoms with Crippen molar-refractivity contribution in [2.75, 3.05) is 22.4 Å². The number of rotatable bonds is 5. The summed E-state index contributed by atoms with van der Waals surface area (Å²) in [4.78, 5) is 12.2. The molecule has 0 aliphatic rings. The lowest BCUT2D eigenvalue weighted by Gasteiger charge is -2.22. The summed E-state index contributed by atoms with van der Waals surface area (Å²) in [6, 6.07) is 11.4. The first-order chi connectivity index (χ1) is 11.2. The average molecular weight is 387 g/mol. The second-order valence-electron chi connectivity index (χ2n) is 5.26. The van der Waals surface area contributed by atoms with Crippen molar-refractivity contribution >= 4 is 50.5 Å². The molecule has 1 amide bonds. The molecule has 1 N–H and O–H groups in total. The van der Waals surface area contributed by atoms with Gasteiger partial charge in [0.1, 0.15) is 6.54 Å². The molecule has 5 nitrogen and oxygen atoms in total. The first-order valence-corrected chi connectivity index (χ1v) is 9.56. The number of sulfonamides is 1. The maximum absolute atomic E-state index is 12.2. The molecule has 0 atom stereocenters. The minimum absolute atomic E-state index is 0.328. The molecule has 2 aromatic carbocycles. The van der Waals surface area contributed by atoms with E-state index in [0.29, 0.717) is 21.4 Å². The molecule has 0 spiro atoms. The van der Waals surface area contributed by atoms with Gasteiger partial charge in [0.05, 0.1) is 11.9 Å². The summed E-state index contributed by atoms with van der Waals surface area (Å²) in [6.45, 7) is 1.44. The van der Waals surface area contributed by atoms with Crippen LogP contribution >= 0.6 is 23.2 Å². The summed E-state index contributed by atoms with van der Waals surface area (Å²) in [5.41, 5.74) is 1.63. The maximum atomic E-state index is 12.2. The lowest BCUT2D eigenvalue weighted by atomic mass is 10.2. The Morgan fingerprint density at radius 2 is 1.88 bits per heavy atom. The van der Waals surface area contributed by atoms with E-state index >= 15 is 0 Å². The third kappa shape index (κ3) is 4.87.